The summed E-state index contributed by atoms with van der Waals surface area (Å²) in [6, 6.07) is 3.53. The van der Waals surface area contributed by atoms with Crippen molar-refractivity contribution >= 4 is 11.9 Å². The number of carbonyl (C=O) groups is 2. The zero-order valence-corrected chi connectivity index (χ0v) is 15.8. The lowest BCUT2D eigenvalue weighted by atomic mass is 9.97. The Labute approximate surface area is 158 Å². The molecule has 27 heavy (non-hydrogen) atoms. The summed E-state index contributed by atoms with van der Waals surface area (Å²) < 4.78 is 5.27. The second-order valence-electron chi connectivity index (χ2n) is 6.90. The first-order chi connectivity index (χ1) is 13.0. The maximum absolute atomic E-state index is 12.8. The average Bonchev–Trinajstić information content (AvgIpc) is 3.16. The summed E-state index contributed by atoms with van der Waals surface area (Å²) in [5.41, 5.74) is 0.805. The number of hydrogen-bond donors (Lipinski definition) is 0. The summed E-state index contributed by atoms with van der Waals surface area (Å²) in [5.74, 6) is 0.605. The summed E-state index contributed by atoms with van der Waals surface area (Å²) in [6.07, 6.45) is 4.90. The third-order valence-corrected chi connectivity index (χ3v) is 4.58. The number of amides is 3. The highest BCUT2D eigenvalue weighted by atomic mass is 16.5. The monoisotopic (exact) mass is 372 g/mol. The van der Waals surface area contributed by atoms with Crippen LogP contribution in [0, 0.1) is 5.92 Å². The molecule has 0 saturated carbocycles. The number of hydrogen-bond acceptors (Lipinski definition) is 6. The van der Waals surface area contributed by atoms with Gasteiger partial charge in [-0.25, -0.2) is 4.79 Å². The van der Waals surface area contributed by atoms with Gasteiger partial charge in [0.1, 0.15) is 0 Å². The van der Waals surface area contributed by atoms with E-state index in [0.717, 1.165) is 18.4 Å². The van der Waals surface area contributed by atoms with Crippen LogP contribution in [-0.4, -0.2) is 76.0 Å². The molecule has 0 N–H and O–H groups in total. The van der Waals surface area contributed by atoms with E-state index in [1.807, 2.05) is 0 Å². The lowest BCUT2D eigenvalue weighted by Gasteiger charge is -2.35. The van der Waals surface area contributed by atoms with Crippen molar-refractivity contribution in [2.24, 2.45) is 5.92 Å². The Kier molecular flexibility index (Phi) is 5.68. The Balaban J connectivity index is 1.61. The molecule has 3 amide bonds. The van der Waals surface area contributed by atoms with Crippen LogP contribution in [0.15, 0.2) is 29.0 Å². The zero-order chi connectivity index (χ0) is 19.4. The fraction of sp³-hybridized carbons (Fsp3) is 0.500. The van der Waals surface area contributed by atoms with Crippen LogP contribution in [0.3, 0.4) is 0 Å². The molecular formula is C18H24N6O3. The first-order valence-corrected chi connectivity index (χ1v) is 8.90. The van der Waals surface area contributed by atoms with Crippen molar-refractivity contribution in [1.29, 1.82) is 0 Å². The molecule has 0 aromatic carbocycles. The van der Waals surface area contributed by atoms with Gasteiger partial charge in [-0.15, -0.1) is 0 Å². The van der Waals surface area contributed by atoms with Crippen molar-refractivity contribution in [2.75, 3.05) is 34.2 Å². The predicted octanol–water partition coefficient (Wildman–Crippen LogP) is 1.48. The standard InChI is InChI=1S/C18H24N6O3/c1-22(2)18(26)24-10-4-5-14(11-24)17(25)23(3)12-15-20-16(21-27-15)13-6-8-19-9-7-13/h6-9,14H,4-5,10-12H2,1-3H3/t14-/m1/s1. The van der Waals surface area contributed by atoms with Gasteiger partial charge in [0.15, 0.2) is 0 Å². The molecule has 1 aliphatic rings. The van der Waals surface area contributed by atoms with Crippen LogP contribution in [-0.2, 0) is 11.3 Å². The van der Waals surface area contributed by atoms with Gasteiger partial charge in [-0.1, -0.05) is 5.16 Å². The van der Waals surface area contributed by atoms with Crippen molar-refractivity contribution < 1.29 is 14.1 Å². The number of urea groups is 1. The number of piperidine rings is 1. The molecule has 0 radical (unpaired) electrons. The first-order valence-electron chi connectivity index (χ1n) is 8.90. The largest absolute Gasteiger partial charge is 0.337 e. The van der Waals surface area contributed by atoms with Crippen LogP contribution >= 0.6 is 0 Å². The molecule has 0 spiro atoms. The molecular weight excluding hydrogens is 348 g/mol. The molecule has 0 unspecified atom stereocenters. The summed E-state index contributed by atoms with van der Waals surface area (Å²) in [6.45, 7) is 1.35. The van der Waals surface area contributed by atoms with Crippen LogP contribution < -0.4 is 0 Å². The van der Waals surface area contributed by atoms with Crippen molar-refractivity contribution in [2.45, 2.75) is 19.4 Å². The third kappa shape index (κ3) is 4.42. The first kappa shape index (κ1) is 18.8. The fourth-order valence-electron chi connectivity index (χ4n) is 3.17. The number of likely N-dealkylation sites (tertiary alicyclic amines) is 1. The fourth-order valence-corrected chi connectivity index (χ4v) is 3.17. The Morgan fingerprint density at radius 3 is 2.70 bits per heavy atom. The number of pyridine rings is 1. The van der Waals surface area contributed by atoms with E-state index < -0.39 is 0 Å². The molecule has 1 saturated heterocycles. The van der Waals surface area contributed by atoms with Crippen LogP contribution in [0.25, 0.3) is 11.4 Å². The molecule has 9 heteroatoms. The van der Waals surface area contributed by atoms with Crippen LogP contribution in [0.1, 0.15) is 18.7 Å². The molecule has 0 aliphatic carbocycles. The van der Waals surface area contributed by atoms with Crippen molar-refractivity contribution in [3.8, 4) is 11.4 Å². The van der Waals surface area contributed by atoms with Gasteiger partial charge >= 0.3 is 6.03 Å². The van der Waals surface area contributed by atoms with E-state index in [1.54, 1.807) is 55.5 Å². The van der Waals surface area contributed by atoms with Gasteiger partial charge in [-0.3, -0.25) is 9.78 Å². The SMILES string of the molecule is CN(C)C(=O)N1CCC[C@@H](C(=O)N(C)Cc2nc(-c3ccncc3)no2)C1. The van der Waals surface area contributed by atoms with E-state index in [9.17, 15) is 9.59 Å². The molecule has 3 rings (SSSR count). The molecule has 0 bridgehead atoms. The van der Waals surface area contributed by atoms with Crippen molar-refractivity contribution in [3.63, 3.8) is 0 Å². The Morgan fingerprint density at radius 1 is 1.26 bits per heavy atom. The summed E-state index contributed by atoms with van der Waals surface area (Å²) >= 11 is 0. The maximum Gasteiger partial charge on any atom is 0.319 e. The Morgan fingerprint density at radius 2 is 2.00 bits per heavy atom. The quantitative estimate of drug-likeness (QED) is 0.807. The minimum Gasteiger partial charge on any atom is -0.337 e. The number of carbonyl (C=O) groups excluding carboxylic acids is 2. The normalized spacial score (nSPS) is 16.9. The molecule has 144 valence electrons. The maximum atomic E-state index is 12.8. The van der Waals surface area contributed by atoms with Crippen molar-refractivity contribution in [3.05, 3.63) is 30.4 Å². The average molecular weight is 372 g/mol. The summed E-state index contributed by atoms with van der Waals surface area (Å²) in [5, 5.41) is 3.96. The number of rotatable bonds is 4. The van der Waals surface area contributed by atoms with Crippen LogP contribution in [0.5, 0.6) is 0 Å². The summed E-state index contributed by atoms with van der Waals surface area (Å²) in [7, 11) is 5.15. The second kappa shape index (κ2) is 8.15. The minimum absolute atomic E-state index is 0.0186. The molecule has 1 atom stereocenters. The van der Waals surface area contributed by atoms with Gasteiger partial charge in [0.2, 0.25) is 17.6 Å². The molecule has 3 heterocycles. The molecule has 2 aromatic heterocycles. The molecule has 9 nitrogen and oxygen atoms in total. The molecule has 1 aliphatic heterocycles. The van der Waals surface area contributed by atoms with Crippen LogP contribution in [0.2, 0.25) is 0 Å². The highest BCUT2D eigenvalue weighted by molar-refractivity contribution is 5.80. The van der Waals surface area contributed by atoms with Crippen molar-refractivity contribution in [1.82, 2.24) is 29.8 Å². The number of nitrogens with zero attached hydrogens (tertiary/aromatic N) is 6. The molecule has 1 fully saturated rings. The van der Waals surface area contributed by atoms with E-state index >= 15 is 0 Å². The van der Waals surface area contributed by atoms with Gasteiger partial charge in [-0.05, 0) is 25.0 Å². The van der Waals surface area contributed by atoms with E-state index in [4.69, 9.17) is 4.52 Å². The van der Waals surface area contributed by atoms with Gasteiger partial charge in [0, 0.05) is 52.2 Å². The highest BCUT2D eigenvalue weighted by Gasteiger charge is 2.31. The summed E-state index contributed by atoms with van der Waals surface area (Å²) in [4.78, 5) is 38.1. The lowest BCUT2D eigenvalue weighted by Crippen LogP contribution is -2.48. The van der Waals surface area contributed by atoms with E-state index in [0.29, 0.717) is 24.8 Å². The molecule has 2 aromatic rings. The van der Waals surface area contributed by atoms with Gasteiger partial charge < -0.3 is 19.2 Å². The van der Waals surface area contributed by atoms with E-state index in [2.05, 4.69) is 15.1 Å². The van der Waals surface area contributed by atoms with E-state index in [1.165, 1.54) is 4.90 Å². The highest BCUT2D eigenvalue weighted by Crippen LogP contribution is 2.21. The second-order valence-corrected chi connectivity index (χ2v) is 6.90. The van der Waals surface area contributed by atoms with Gasteiger partial charge in [-0.2, -0.15) is 4.98 Å². The third-order valence-electron chi connectivity index (χ3n) is 4.58. The van der Waals surface area contributed by atoms with Gasteiger partial charge in [0.25, 0.3) is 0 Å². The topological polar surface area (TPSA) is 95.7 Å². The Hall–Kier alpha value is -2.97. The smallest absolute Gasteiger partial charge is 0.319 e. The minimum atomic E-state index is -0.213. The number of aromatic nitrogens is 3. The lowest BCUT2D eigenvalue weighted by molar-refractivity contribution is -0.136. The predicted molar refractivity (Wildman–Crippen MR) is 97.4 cm³/mol. The van der Waals surface area contributed by atoms with Gasteiger partial charge in [0.05, 0.1) is 12.5 Å². The zero-order valence-electron chi connectivity index (χ0n) is 15.8. The Bertz CT molecular complexity index is 791. The van der Waals surface area contributed by atoms with E-state index in [-0.39, 0.29) is 24.4 Å². The van der Waals surface area contributed by atoms with Crippen LogP contribution in [0.4, 0.5) is 4.79 Å².